The van der Waals surface area contributed by atoms with Crippen molar-refractivity contribution in [2.24, 2.45) is 7.05 Å². The number of aromatic nitrogens is 2. The predicted octanol–water partition coefficient (Wildman–Crippen LogP) is 3.19. The highest BCUT2D eigenvalue weighted by atomic mass is 14.9. The van der Waals surface area contributed by atoms with Crippen molar-refractivity contribution in [3.05, 3.63) is 61.1 Å². The minimum atomic E-state index is 1.21. The number of aromatic amines is 1. The van der Waals surface area contributed by atoms with Crippen LogP contribution in [0, 0.1) is 0 Å². The molecule has 0 saturated heterocycles. The molecule has 0 atom stereocenters. The Hall–Kier alpha value is -1.96. The van der Waals surface area contributed by atoms with Crippen molar-refractivity contribution in [3.8, 4) is 0 Å². The third-order valence-electron chi connectivity index (χ3n) is 2.22. The fourth-order valence-electron chi connectivity index (χ4n) is 1.42. The van der Waals surface area contributed by atoms with Gasteiger partial charge in [0.1, 0.15) is 0 Å². The van der Waals surface area contributed by atoms with E-state index in [0.29, 0.717) is 0 Å². The fourth-order valence-corrected chi connectivity index (χ4v) is 1.42. The maximum Gasteiger partial charge on any atom is 0.0453 e. The lowest BCUT2D eigenvalue weighted by Crippen LogP contribution is -1.75. The van der Waals surface area contributed by atoms with Crippen LogP contribution in [-0.2, 0) is 7.05 Å². The number of fused-ring (bicyclic) bond motifs is 1. The molecule has 0 amide bonds. The van der Waals surface area contributed by atoms with Gasteiger partial charge >= 0.3 is 0 Å². The molecule has 0 aliphatic carbocycles. The molecule has 2 nitrogen and oxygen atoms in total. The van der Waals surface area contributed by atoms with Gasteiger partial charge in [-0.1, -0.05) is 18.2 Å². The summed E-state index contributed by atoms with van der Waals surface area (Å²) >= 11 is 0. The second-order valence-corrected chi connectivity index (χ2v) is 3.41. The monoisotopic (exact) mass is 198 g/mol. The van der Waals surface area contributed by atoms with Gasteiger partial charge in [-0.15, -0.1) is 0 Å². The summed E-state index contributed by atoms with van der Waals surface area (Å²) < 4.78 is 2.00. The van der Waals surface area contributed by atoms with Crippen LogP contribution in [0.3, 0.4) is 0 Å². The molecule has 0 spiro atoms. The Labute approximate surface area is 89.2 Å². The summed E-state index contributed by atoms with van der Waals surface area (Å²) in [5.74, 6) is 0. The van der Waals surface area contributed by atoms with E-state index in [1.54, 1.807) is 0 Å². The van der Waals surface area contributed by atoms with Gasteiger partial charge in [0, 0.05) is 31.2 Å². The third-order valence-corrected chi connectivity index (χ3v) is 2.22. The fraction of sp³-hybridized carbons (Fsp3) is 0.0769. The van der Waals surface area contributed by atoms with Crippen LogP contribution in [0.15, 0.2) is 61.1 Å². The Balaban J connectivity index is 0.000000124. The summed E-state index contributed by atoms with van der Waals surface area (Å²) in [5, 5.41) is 1.28. The van der Waals surface area contributed by atoms with Crippen molar-refractivity contribution in [2.45, 2.75) is 0 Å². The van der Waals surface area contributed by atoms with Gasteiger partial charge in [-0.25, -0.2) is 0 Å². The van der Waals surface area contributed by atoms with E-state index in [0.717, 1.165) is 0 Å². The number of hydrogen-bond acceptors (Lipinski definition) is 0. The SMILES string of the molecule is Cn1cccc1.c1ccc2[nH]ccc2c1. The van der Waals surface area contributed by atoms with Crippen LogP contribution >= 0.6 is 0 Å². The highest BCUT2D eigenvalue weighted by Crippen LogP contribution is 2.09. The second-order valence-electron chi connectivity index (χ2n) is 3.41. The zero-order valence-electron chi connectivity index (χ0n) is 8.72. The van der Waals surface area contributed by atoms with Crippen molar-refractivity contribution < 1.29 is 0 Å². The molecule has 0 aliphatic heterocycles. The van der Waals surface area contributed by atoms with Gasteiger partial charge in [0.05, 0.1) is 0 Å². The Morgan fingerprint density at radius 1 is 0.933 bits per heavy atom. The van der Waals surface area contributed by atoms with Gasteiger partial charge in [0.15, 0.2) is 0 Å². The average Bonchev–Trinajstić information content (AvgIpc) is 2.88. The third kappa shape index (κ3) is 2.50. The molecular weight excluding hydrogens is 184 g/mol. The summed E-state index contributed by atoms with van der Waals surface area (Å²) in [6.45, 7) is 0. The molecule has 76 valence electrons. The lowest BCUT2D eigenvalue weighted by Gasteiger charge is -1.83. The Bertz CT molecular complexity index is 476. The normalized spacial score (nSPS) is 9.67. The van der Waals surface area contributed by atoms with Gasteiger partial charge in [0.2, 0.25) is 0 Å². The van der Waals surface area contributed by atoms with Gasteiger partial charge in [-0.05, 0) is 29.7 Å². The van der Waals surface area contributed by atoms with E-state index in [1.807, 2.05) is 54.5 Å². The molecule has 0 radical (unpaired) electrons. The number of aryl methyl sites for hydroxylation is 1. The molecule has 15 heavy (non-hydrogen) atoms. The topological polar surface area (TPSA) is 20.7 Å². The molecule has 0 aliphatic rings. The molecule has 0 unspecified atom stereocenters. The van der Waals surface area contributed by atoms with Crippen LogP contribution in [0.2, 0.25) is 0 Å². The van der Waals surface area contributed by atoms with Crippen LogP contribution in [0.5, 0.6) is 0 Å². The number of benzene rings is 1. The quantitative estimate of drug-likeness (QED) is 0.572. The molecule has 0 fully saturated rings. The Kier molecular flexibility index (Phi) is 2.88. The number of para-hydroxylation sites is 1. The Morgan fingerprint density at radius 2 is 1.67 bits per heavy atom. The predicted molar refractivity (Wildman–Crippen MR) is 63.7 cm³/mol. The summed E-state index contributed by atoms with van der Waals surface area (Å²) in [6, 6.07) is 14.3. The number of rotatable bonds is 0. The van der Waals surface area contributed by atoms with Gasteiger partial charge < -0.3 is 9.55 Å². The zero-order valence-corrected chi connectivity index (χ0v) is 8.72. The highest BCUT2D eigenvalue weighted by Gasteiger charge is 1.86. The van der Waals surface area contributed by atoms with Crippen molar-refractivity contribution in [1.29, 1.82) is 0 Å². The van der Waals surface area contributed by atoms with E-state index < -0.39 is 0 Å². The van der Waals surface area contributed by atoms with Gasteiger partial charge in [-0.3, -0.25) is 0 Å². The maximum absolute atomic E-state index is 3.12. The van der Waals surface area contributed by atoms with E-state index in [2.05, 4.69) is 23.2 Å². The molecule has 2 heteroatoms. The number of H-pyrrole nitrogens is 1. The van der Waals surface area contributed by atoms with Crippen LogP contribution in [0.4, 0.5) is 0 Å². The van der Waals surface area contributed by atoms with Crippen LogP contribution in [0.25, 0.3) is 10.9 Å². The first-order valence-electron chi connectivity index (χ1n) is 4.95. The van der Waals surface area contributed by atoms with E-state index in [9.17, 15) is 0 Å². The van der Waals surface area contributed by atoms with E-state index in [1.165, 1.54) is 10.9 Å². The van der Waals surface area contributed by atoms with Crippen LogP contribution in [-0.4, -0.2) is 9.55 Å². The van der Waals surface area contributed by atoms with Crippen molar-refractivity contribution in [3.63, 3.8) is 0 Å². The maximum atomic E-state index is 3.12. The van der Waals surface area contributed by atoms with Gasteiger partial charge in [-0.2, -0.15) is 0 Å². The smallest absolute Gasteiger partial charge is 0.0453 e. The van der Waals surface area contributed by atoms with Crippen molar-refractivity contribution in [2.75, 3.05) is 0 Å². The minimum absolute atomic E-state index is 1.21. The van der Waals surface area contributed by atoms with E-state index in [-0.39, 0.29) is 0 Å². The van der Waals surface area contributed by atoms with Crippen molar-refractivity contribution >= 4 is 10.9 Å². The largest absolute Gasteiger partial charge is 0.361 e. The molecule has 3 aromatic rings. The lowest BCUT2D eigenvalue weighted by atomic mass is 10.3. The number of nitrogens with one attached hydrogen (secondary N) is 1. The summed E-state index contributed by atoms with van der Waals surface area (Å²) in [7, 11) is 2.00. The molecule has 2 aromatic heterocycles. The summed E-state index contributed by atoms with van der Waals surface area (Å²) in [6.07, 6.45) is 5.95. The zero-order chi connectivity index (χ0) is 10.5. The summed E-state index contributed by atoms with van der Waals surface area (Å²) in [5.41, 5.74) is 1.21. The first kappa shape index (κ1) is 9.59. The number of nitrogens with zero attached hydrogens (tertiary/aromatic N) is 1. The Morgan fingerprint density at radius 3 is 2.27 bits per heavy atom. The number of hydrogen-bond donors (Lipinski definition) is 1. The van der Waals surface area contributed by atoms with Gasteiger partial charge in [0.25, 0.3) is 0 Å². The molecule has 2 heterocycles. The lowest BCUT2D eigenvalue weighted by molar-refractivity contribution is 0.928. The van der Waals surface area contributed by atoms with E-state index in [4.69, 9.17) is 0 Å². The standard InChI is InChI=1S/C8H7N.C5H7N/c1-2-4-8-7(3-1)5-6-9-8;1-6-4-2-3-5-6/h1-6,9H;2-5H,1H3. The summed E-state index contributed by atoms with van der Waals surface area (Å²) in [4.78, 5) is 3.12. The molecular formula is C13H14N2. The molecule has 3 rings (SSSR count). The molecule has 1 N–H and O–H groups in total. The van der Waals surface area contributed by atoms with E-state index >= 15 is 0 Å². The molecule has 0 bridgehead atoms. The van der Waals surface area contributed by atoms with Crippen molar-refractivity contribution in [1.82, 2.24) is 9.55 Å². The second kappa shape index (κ2) is 4.51. The first-order chi connectivity index (χ1) is 7.36. The molecule has 0 saturated carbocycles. The average molecular weight is 198 g/mol. The first-order valence-corrected chi connectivity index (χ1v) is 4.95. The van der Waals surface area contributed by atoms with Crippen LogP contribution in [0.1, 0.15) is 0 Å². The minimum Gasteiger partial charge on any atom is -0.361 e. The highest BCUT2D eigenvalue weighted by molar-refractivity contribution is 5.78. The van der Waals surface area contributed by atoms with Crippen LogP contribution < -0.4 is 0 Å². The molecule has 1 aromatic carbocycles.